The Hall–Kier alpha value is -3.42. The summed E-state index contributed by atoms with van der Waals surface area (Å²) in [6.45, 7) is 6.48. The van der Waals surface area contributed by atoms with E-state index in [2.05, 4.69) is 36.2 Å². The summed E-state index contributed by atoms with van der Waals surface area (Å²) in [4.78, 5) is 31.3. The van der Waals surface area contributed by atoms with Gasteiger partial charge in [0.15, 0.2) is 0 Å². The molecular weight excluding hydrogens is 485 g/mol. The second-order valence-corrected chi connectivity index (χ2v) is 10.3. The first-order valence-corrected chi connectivity index (χ1v) is 13.3. The quantitative estimate of drug-likeness (QED) is 0.276. The number of benzene rings is 3. The van der Waals surface area contributed by atoms with E-state index in [1.54, 1.807) is 24.3 Å². The zero-order chi connectivity index (χ0) is 26.2. The summed E-state index contributed by atoms with van der Waals surface area (Å²) < 4.78 is 14.2. The summed E-state index contributed by atoms with van der Waals surface area (Å²) >= 11 is 1.29. The molecule has 3 aromatic carbocycles. The highest BCUT2D eigenvalue weighted by Crippen LogP contribution is 2.42. The van der Waals surface area contributed by atoms with Crippen LogP contribution in [-0.2, 0) is 16.1 Å². The number of fused-ring (bicyclic) bond motifs is 1. The van der Waals surface area contributed by atoms with Gasteiger partial charge in [0.2, 0.25) is 5.91 Å². The Labute approximate surface area is 222 Å². The van der Waals surface area contributed by atoms with Crippen LogP contribution in [0.1, 0.15) is 31.4 Å². The van der Waals surface area contributed by atoms with E-state index in [1.165, 1.54) is 28.3 Å². The Morgan fingerprint density at radius 2 is 1.73 bits per heavy atom. The lowest BCUT2D eigenvalue weighted by atomic mass is 10.2. The van der Waals surface area contributed by atoms with Gasteiger partial charge in [0.05, 0.1) is 10.6 Å². The first-order chi connectivity index (χ1) is 17.9. The Kier molecular flexibility index (Phi) is 9.14. The van der Waals surface area contributed by atoms with E-state index in [4.69, 9.17) is 0 Å². The van der Waals surface area contributed by atoms with E-state index < -0.39 is 5.82 Å². The maximum Gasteiger partial charge on any atom is 0.265 e. The number of rotatable bonds is 10. The summed E-state index contributed by atoms with van der Waals surface area (Å²) in [6.07, 6.45) is 2.35. The van der Waals surface area contributed by atoms with Crippen LogP contribution < -0.4 is 10.2 Å². The summed E-state index contributed by atoms with van der Waals surface area (Å²) in [5, 5.41) is 2.97. The van der Waals surface area contributed by atoms with Gasteiger partial charge in [-0.25, -0.2) is 4.39 Å². The number of amides is 2. The molecule has 1 N–H and O–H groups in total. The number of thioether (sulfide) groups is 1. The highest BCUT2D eigenvalue weighted by Gasteiger charge is 2.30. The molecule has 0 unspecified atom stereocenters. The number of nitrogens with zero attached hydrogens (tertiary/aromatic N) is 2. The number of hydrogen-bond acceptors (Lipinski definition) is 4. The van der Waals surface area contributed by atoms with E-state index in [0.717, 1.165) is 24.4 Å². The molecule has 37 heavy (non-hydrogen) atoms. The van der Waals surface area contributed by atoms with Gasteiger partial charge in [-0.3, -0.25) is 19.4 Å². The molecule has 0 atom stereocenters. The van der Waals surface area contributed by atoms with Gasteiger partial charge in [-0.05, 0) is 50.1 Å². The summed E-state index contributed by atoms with van der Waals surface area (Å²) in [7, 11) is 0. The van der Waals surface area contributed by atoms with E-state index in [9.17, 15) is 14.0 Å². The number of para-hydroxylation sites is 1. The van der Waals surface area contributed by atoms with Gasteiger partial charge in [0.25, 0.3) is 5.91 Å². The van der Waals surface area contributed by atoms with E-state index in [-0.39, 0.29) is 18.4 Å². The first kappa shape index (κ1) is 26.6. The van der Waals surface area contributed by atoms with Crippen molar-refractivity contribution in [1.82, 2.24) is 10.2 Å². The second-order valence-electron chi connectivity index (χ2n) is 9.24. The largest absolute Gasteiger partial charge is 0.355 e. The standard InChI is InChI=1S/C30H32FN3O2S/c1-22(2)33(20-23-11-4-3-5-12-23)18-10-17-32-29(35)21-34-26-15-8-9-16-27(26)37-28(30(34)36)19-24-13-6-7-14-25(24)31/h3-9,11-16,19,22H,10,17-18,20-21H2,1-2H3,(H,32,35)/b28-19-. The van der Waals surface area contributed by atoms with Crippen LogP contribution in [0.3, 0.4) is 0 Å². The van der Waals surface area contributed by atoms with Gasteiger partial charge < -0.3 is 5.32 Å². The molecule has 4 rings (SSSR count). The maximum atomic E-state index is 14.2. The van der Waals surface area contributed by atoms with Crippen molar-refractivity contribution in [2.45, 2.75) is 37.8 Å². The molecule has 0 spiro atoms. The third kappa shape index (κ3) is 7.08. The average molecular weight is 518 g/mol. The summed E-state index contributed by atoms with van der Waals surface area (Å²) in [5.74, 6) is -0.926. The lowest BCUT2D eigenvalue weighted by Gasteiger charge is -2.30. The van der Waals surface area contributed by atoms with Crippen molar-refractivity contribution in [2.75, 3.05) is 24.5 Å². The van der Waals surface area contributed by atoms with Crippen molar-refractivity contribution in [3.05, 3.63) is 101 Å². The van der Waals surface area contributed by atoms with E-state index >= 15 is 0 Å². The van der Waals surface area contributed by atoms with Crippen LogP contribution in [0.4, 0.5) is 10.1 Å². The lowest BCUT2D eigenvalue weighted by molar-refractivity contribution is -0.122. The molecule has 2 amide bonds. The highest BCUT2D eigenvalue weighted by atomic mass is 32.2. The minimum absolute atomic E-state index is 0.0943. The van der Waals surface area contributed by atoms with E-state index in [0.29, 0.717) is 28.7 Å². The predicted octanol–water partition coefficient (Wildman–Crippen LogP) is 5.72. The molecule has 0 radical (unpaired) electrons. The molecule has 1 aliphatic heterocycles. The van der Waals surface area contributed by atoms with Crippen molar-refractivity contribution in [3.8, 4) is 0 Å². The molecule has 0 fully saturated rings. The van der Waals surface area contributed by atoms with Crippen LogP contribution in [0.25, 0.3) is 6.08 Å². The Morgan fingerprint density at radius 3 is 2.49 bits per heavy atom. The number of nitrogens with one attached hydrogen (secondary N) is 1. The monoisotopic (exact) mass is 517 g/mol. The van der Waals surface area contributed by atoms with Crippen LogP contribution >= 0.6 is 11.8 Å². The molecular formula is C30H32FN3O2S. The fourth-order valence-corrected chi connectivity index (χ4v) is 5.25. The normalized spacial score (nSPS) is 14.4. The first-order valence-electron chi connectivity index (χ1n) is 12.5. The van der Waals surface area contributed by atoms with Crippen molar-refractivity contribution >= 4 is 35.3 Å². The van der Waals surface area contributed by atoms with Crippen molar-refractivity contribution in [1.29, 1.82) is 0 Å². The van der Waals surface area contributed by atoms with Crippen molar-refractivity contribution in [2.24, 2.45) is 0 Å². The van der Waals surface area contributed by atoms with Crippen LogP contribution in [0.5, 0.6) is 0 Å². The molecule has 192 valence electrons. The number of halogens is 1. The summed E-state index contributed by atoms with van der Waals surface area (Å²) in [6, 6.07) is 24.5. The molecule has 0 saturated heterocycles. The Bertz CT molecular complexity index is 1260. The zero-order valence-electron chi connectivity index (χ0n) is 21.2. The van der Waals surface area contributed by atoms with Gasteiger partial charge in [0, 0.05) is 36.1 Å². The van der Waals surface area contributed by atoms with E-state index in [1.807, 2.05) is 42.5 Å². The molecule has 0 aliphatic carbocycles. The number of carbonyl (C=O) groups is 2. The van der Waals surface area contributed by atoms with Crippen LogP contribution in [0.15, 0.2) is 88.7 Å². The molecule has 5 nitrogen and oxygen atoms in total. The number of carbonyl (C=O) groups excluding carboxylic acids is 2. The van der Waals surface area contributed by atoms with Gasteiger partial charge in [-0.2, -0.15) is 0 Å². The number of anilines is 1. The molecule has 7 heteroatoms. The SMILES string of the molecule is CC(C)N(CCCNC(=O)CN1C(=O)/C(=C/c2ccccc2F)Sc2ccccc21)Cc1ccccc1. The molecule has 1 aliphatic rings. The number of hydrogen-bond donors (Lipinski definition) is 1. The Balaban J connectivity index is 1.37. The molecule has 3 aromatic rings. The second kappa shape index (κ2) is 12.7. The van der Waals surface area contributed by atoms with Crippen LogP contribution in [0.2, 0.25) is 0 Å². The van der Waals surface area contributed by atoms with Crippen LogP contribution in [-0.4, -0.2) is 42.4 Å². The molecule has 0 bridgehead atoms. The third-order valence-electron chi connectivity index (χ3n) is 6.23. The van der Waals surface area contributed by atoms with Gasteiger partial charge in [0.1, 0.15) is 12.4 Å². The highest BCUT2D eigenvalue weighted by molar-refractivity contribution is 8.04. The van der Waals surface area contributed by atoms with Gasteiger partial charge >= 0.3 is 0 Å². The Morgan fingerprint density at radius 1 is 1.03 bits per heavy atom. The van der Waals surface area contributed by atoms with Crippen molar-refractivity contribution in [3.63, 3.8) is 0 Å². The van der Waals surface area contributed by atoms with Crippen LogP contribution in [0, 0.1) is 5.82 Å². The summed E-state index contributed by atoms with van der Waals surface area (Å²) in [5.41, 5.74) is 2.29. The van der Waals surface area contributed by atoms with Gasteiger partial charge in [-0.1, -0.05) is 72.4 Å². The van der Waals surface area contributed by atoms with Gasteiger partial charge in [-0.15, -0.1) is 0 Å². The average Bonchev–Trinajstić information content (AvgIpc) is 2.90. The minimum Gasteiger partial charge on any atom is -0.355 e. The molecule has 0 saturated carbocycles. The predicted molar refractivity (Wildman–Crippen MR) is 149 cm³/mol. The minimum atomic E-state index is -0.394. The lowest BCUT2D eigenvalue weighted by Crippen LogP contribution is -2.43. The zero-order valence-corrected chi connectivity index (χ0v) is 22.0. The topological polar surface area (TPSA) is 52.7 Å². The molecule has 0 aromatic heterocycles. The van der Waals surface area contributed by atoms with Crippen molar-refractivity contribution < 1.29 is 14.0 Å². The fourth-order valence-electron chi connectivity index (χ4n) is 4.20. The molecule has 1 heterocycles. The maximum absolute atomic E-state index is 14.2. The third-order valence-corrected chi connectivity index (χ3v) is 7.31. The smallest absolute Gasteiger partial charge is 0.265 e. The fraction of sp³-hybridized carbons (Fsp3) is 0.267.